The number of carbonyl (C=O) groups is 1. The number of hydrogen-bond acceptors (Lipinski definition) is 4. The van der Waals surface area contributed by atoms with Crippen LogP contribution in [-0.4, -0.2) is 25.9 Å². The number of nitrogen functional groups attached to an aromatic ring is 1. The number of ether oxygens (including phenoxy) is 2. The van der Waals surface area contributed by atoms with Gasteiger partial charge in [-0.15, -0.1) is 0 Å². The second-order valence-electron chi connectivity index (χ2n) is 3.78. The van der Waals surface area contributed by atoms with Gasteiger partial charge in [-0.25, -0.2) is 4.79 Å². The lowest BCUT2D eigenvalue weighted by atomic mass is 10.1. The van der Waals surface area contributed by atoms with Crippen LogP contribution in [-0.2, 0) is 4.74 Å². The van der Waals surface area contributed by atoms with Gasteiger partial charge >= 0.3 is 12.1 Å². The molecular formula is C12H14F3NO3. The van der Waals surface area contributed by atoms with Crippen LogP contribution in [0.3, 0.4) is 0 Å². The molecule has 2 N–H and O–H groups in total. The predicted molar refractivity (Wildman–Crippen MR) is 63.0 cm³/mol. The van der Waals surface area contributed by atoms with Crippen LogP contribution in [0, 0.1) is 0 Å². The third-order valence-electron chi connectivity index (χ3n) is 2.31. The number of nitrogens with two attached hydrogens (primary N) is 1. The Kier molecular flexibility index (Phi) is 5.02. The van der Waals surface area contributed by atoms with Crippen LogP contribution in [0.1, 0.15) is 23.2 Å². The molecule has 0 atom stereocenters. The van der Waals surface area contributed by atoms with Gasteiger partial charge in [-0.3, -0.25) is 0 Å². The zero-order valence-corrected chi connectivity index (χ0v) is 10.3. The van der Waals surface area contributed by atoms with E-state index in [1.165, 1.54) is 19.2 Å². The highest BCUT2D eigenvalue weighted by atomic mass is 19.4. The lowest BCUT2D eigenvalue weighted by molar-refractivity contribution is -0.136. The van der Waals surface area contributed by atoms with Crippen molar-refractivity contribution in [2.24, 2.45) is 0 Å². The number of hydrogen-bond donors (Lipinski definition) is 1. The zero-order valence-electron chi connectivity index (χ0n) is 10.3. The molecule has 1 aromatic rings. The Morgan fingerprint density at radius 2 is 2.05 bits per heavy atom. The molecule has 1 rings (SSSR count). The van der Waals surface area contributed by atoms with Crippen LogP contribution >= 0.6 is 0 Å². The topological polar surface area (TPSA) is 61.5 Å². The second-order valence-corrected chi connectivity index (χ2v) is 3.78. The first-order valence-electron chi connectivity index (χ1n) is 5.51. The molecule has 0 radical (unpaired) electrons. The highest BCUT2D eigenvalue weighted by Gasteiger charge is 2.26. The minimum Gasteiger partial charge on any atom is -0.493 e. The van der Waals surface area contributed by atoms with Crippen molar-refractivity contribution >= 4 is 11.7 Å². The standard InChI is InChI=1S/C12H14F3NO3/c1-18-11(17)10-8(16)4-2-5-9(10)19-7-3-6-12(13,14)15/h2,4-5H,3,6-7,16H2,1H3. The van der Waals surface area contributed by atoms with Gasteiger partial charge in [0.05, 0.1) is 13.7 Å². The molecule has 0 saturated carbocycles. The number of carbonyl (C=O) groups excluding carboxylic acids is 1. The Bertz CT molecular complexity index is 446. The number of benzene rings is 1. The lowest BCUT2D eigenvalue weighted by Crippen LogP contribution is -2.12. The monoisotopic (exact) mass is 277 g/mol. The van der Waals surface area contributed by atoms with E-state index in [0.29, 0.717) is 0 Å². The maximum absolute atomic E-state index is 12.0. The molecule has 0 aliphatic rings. The molecule has 0 aliphatic carbocycles. The van der Waals surface area contributed by atoms with Gasteiger partial charge in [0.15, 0.2) is 0 Å². The zero-order chi connectivity index (χ0) is 14.5. The van der Waals surface area contributed by atoms with E-state index >= 15 is 0 Å². The summed E-state index contributed by atoms with van der Waals surface area (Å²) in [4.78, 5) is 11.5. The van der Waals surface area contributed by atoms with Crippen LogP contribution in [0.15, 0.2) is 18.2 Å². The molecule has 0 aromatic heterocycles. The largest absolute Gasteiger partial charge is 0.493 e. The summed E-state index contributed by atoms with van der Waals surface area (Å²) in [5, 5.41) is 0. The first kappa shape index (κ1) is 15.1. The molecule has 0 amide bonds. The predicted octanol–water partition coefficient (Wildman–Crippen LogP) is 2.78. The average molecular weight is 277 g/mol. The second kappa shape index (κ2) is 6.31. The van der Waals surface area contributed by atoms with E-state index in [-0.39, 0.29) is 30.0 Å². The summed E-state index contributed by atoms with van der Waals surface area (Å²) in [7, 11) is 1.18. The minimum atomic E-state index is -4.22. The highest BCUT2D eigenvalue weighted by Crippen LogP contribution is 2.26. The first-order valence-corrected chi connectivity index (χ1v) is 5.51. The molecule has 4 nitrogen and oxygen atoms in total. The Hall–Kier alpha value is -1.92. The Morgan fingerprint density at radius 1 is 1.37 bits per heavy atom. The van der Waals surface area contributed by atoms with Crippen molar-refractivity contribution in [1.82, 2.24) is 0 Å². The van der Waals surface area contributed by atoms with E-state index < -0.39 is 18.6 Å². The quantitative estimate of drug-likeness (QED) is 0.510. The summed E-state index contributed by atoms with van der Waals surface area (Å²) < 4.78 is 45.6. The van der Waals surface area contributed by atoms with E-state index in [1.54, 1.807) is 6.07 Å². The van der Waals surface area contributed by atoms with Gasteiger partial charge in [-0.05, 0) is 18.6 Å². The van der Waals surface area contributed by atoms with Gasteiger partial charge < -0.3 is 15.2 Å². The molecule has 106 valence electrons. The highest BCUT2D eigenvalue weighted by molar-refractivity contribution is 5.98. The van der Waals surface area contributed by atoms with Crippen LogP contribution in [0.25, 0.3) is 0 Å². The van der Waals surface area contributed by atoms with Crippen LogP contribution in [0.4, 0.5) is 18.9 Å². The fourth-order valence-corrected chi connectivity index (χ4v) is 1.44. The van der Waals surface area contributed by atoms with Crippen LogP contribution < -0.4 is 10.5 Å². The van der Waals surface area contributed by atoms with Gasteiger partial charge in [-0.2, -0.15) is 13.2 Å². The number of rotatable bonds is 5. The number of halogens is 3. The summed E-state index contributed by atoms with van der Waals surface area (Å²) in [6, 6.07) is 4.48. The van der Waals surface area contributed by atoms with E-state index in [2.05, 4.69) is 4.74 Å². The van der Waals surface area contributed by atoms with Crippen molar-refractivity contribution in [2.45, 2.75) is 19.0 Å². The molecule has 7 heteroatoms. The van der Waals surface area contributed by atoms with E-state index in [0.717, 1.165) is 0 Å². The minimum absolute atomic E-state index is 0.0250. The van der Waals surface area contributed by atoms with Crippen molar-refractivity contribution in [1.29, 1.82) is 0 Å². The molecule has 0 fully saturated rings. The molecule has 0 heterocycles. The number of anilines is 1. The average Bonchev–Trinajstić information content (AvgIpc) is 2.33. The fraction of sp³-hybridized carbons (Fsp3) is 0.417. The molecule has 0 saturated heterocycles. The first-order chi connectivity index (χ1) is 8.85. The molecule has 19 heavy (non-hydrogen) atoms. The maximum Gasteiger partial charge on any atom is 0.389 e. The third kappa shape index (κ3) is 4.69. The number of esters is 1. The van der Waals surface area contributed by atoms with Gasteiger partial charge in [0.1, 0.15) is 11.3 Å². The summed E-state index contributed by atoms with van der Waals surface area (Å²) >= 11 is 0. The van der Waals surface area contributed by atoms with Crippen molar-refractivity contribution in [2.75, 3.05) is 19.5 Å². The van der Waals surface area contributed by atoms with Gasteiger partial charge in [-0.1, -0.05) is 6.07 Å². The van der Waals surface area contributed by atoms with E-state index in [1.807, 2.05) is 0 Å². The Balaban J connectivity index is 2.68. The molecule has 1 aromatic carbocycles. The SMILES string of the molecule is COC(=O)c1c(N)cccc1OCCCC(F)(F)F. The number of methoxy groups -OCH3 is 1. The van der Waals surface area contributed by atoms with Gasteiger partial charge in [0.25, 0.3) is 0 Å². The summed E-state index contributed by atoms with van der Waals surface area (Å²) in [6.07, 6.45) is -5.36. The van der Waals surface area contributed by atoms with Gasteiger partial charge in [0.2, 0.25) is 0 Å². The van der Waals surface area contributed by atoms with E-state index in [9.17, 15) is 18.0 Å². The van der Waals surface area contributed by atoms with E-state index in [4.69, 9.17) is 10.5 Å². The molecule has 0 unspecified atom stereocenters. The molecule has 0 aliphatic heterocycles. The van der Waals surface area contributed by atoms with Crippen LogP contribution in [0.2, 0.25) is 0 Å². The van der Waals surface area contributed by atoms with Crippen molar-refractivity contribution < 1.29 is 27.4 Å². The Morgan fingerprint density at radius 3 is 2.63 bits per heavy atom. The van der Waals surface area contributed by atoms with Crippen LogP contribution in [0.5, 0.6) is 5.75 Å². The third-order valence-corrected chi connectivity index (χ3v) is 2.31. The summed E-state index contributed by atoms with van der Waals surface area (Å²) in [5.41, 5.74) is 5.79. The smallest absolute Gasteiger partial charge is 0.389 e. The van der Waals surface area contributed by atoms with Crippen molar-refractivity contribution in [3.05, 3.63) is 23.8 Å². The lowest BCUT2D eigenvalue weighted by Gasteiger charge is -2.12. The summed E-state index contributed by atoms with van der Waals surface area (Å²) in [6.45, 7) is -0.160. The Labute approximate surface area is 108 Å². The van der Waals surface area contributed by atoms with Gasteiger partial charge in [0, 0.05) is 12.1 Å². The van der Waals surface area contributed by atoms with Crippen molar-refractivity contribution in [3.63, 3.8) is 0 Å². The number of alkyl halides is 3. The fourth-order valence-electron chi connectivity index (χ4n) is 1.44. The molecule has 0 spiro atoms. The molecule has 0 bridgehead atoms. The summed E-state index contributed by atoms with van der Waals surface area (Å²) in [5.74, 6) is -0.571. The van der Waals surface area contributed by atoms with Crippen molar-refractivity contribution in [3.8, 4) is 5.75 Å². The maximum atomic E-state index is 12.0. The normalized spacial score (nSPS) is 11.2. The molecular weight excluding hydrogens is 263 g/mol.